The first-order valence-corrected chi connectivity index (χ1v) is 6.08. The Morgan fingerprint density at radius 1 is 1.67 bits per heavy atom. The van der Waals surface area contributed by atoms with E-state index in [0.29, 0.717) is 31.4 Å². The number of hydrogen-bond acceptors (Lipinski definition) is 5. The molecule has 18 heavy (non-hydrogen) atoms. The van der Waals surface area contributed by atoms with E-state index in [-0.39, 0.29) is 12.0 Å². The number of aromatic nitrogens is 2. The average molecular weight is 251 g/mol. The second kappa shape index (κ2) is 5.20. The van der Waals surface area contributed by atoms with Crippen LogP contribution in [0.5, 0.6) is 5.88 Å². The van der Waals surface area contributed by atoms with E-state index >= 15 is 0 Å². The highest BCUT2D eigenvalue weighted by Gasteiger charge is 2.36. The number of rotatable bonds is 4. The summed E-state index contributed by atoms with van der Waals surface area (Å²) in [7, 11) is 0. The van der Waals surface area contributed by atoms with Crippen LogP contribution in [0.25, 0.3) is 0 Å². The molecule has 1 aromatic heterocycles. The third-order valence-corrected chi connectivity index (χ3v) is 3.24. The Hall–Kier alpha value is -1.85. The number of carboxylic acid groups (broad SMARTS) is 1. The van der Waals surface area contributed by atoms with Crippen molar-refractivity contribution in [2.45, 2.75) is 26.3 Å². The first kappa shape index (κ1) is 12.6. The SMILES string of the molecule is CCOc1ccnc(N2CCC(C(=O)O)C2C)n1. The van der Waals surface area contributed by atoms with Gasteiger partial charge in [0.15, 0.2) is 0 Å². The van der Waals surface area contributed by atoms with Crippen LogP contribution in [0.4, 0.5) is 5.95 Å². The van der Waals surface area contributed by atoms with Crippen molar-refractivity contribution < 1.29 is 14.6 Å². The number of aliphatic carboxylic acids is 1. The summed E-state index contributed by atoms with van der Waals surface area (Å²) in [4.78, 5) is 21.5. The van der Waals surface area contributed by atoms with Crippen LogP contribution in [0.1, 0.15) is 20.3 Å². The fourth-order valence-electron chi connectivity index (χ4n) is 2.25. The lowest BCUT2D eigenvalue weighted by Crippen LogP contribution is -2.34. The van der Waals surface area contributed by atoms with E-state index in [1.54, 1.807) is 12.3 Å². The lowest BCUT2D eigenvalue weighted by molar-refractivity contribution is -0.141. The van der Waals surface area contributed by atoms with Crippen LogP contribution in [0.2, 0.25) is 0 Å². The number of anilines is 1. The molecule has 0 amide bonds. The summed E-state index contributed by atoms with van der Waals surface area (Å²) in [6.45, 7) is 4.99. The van der Waals surface area contributed by atoms with Gasteiger partial charge in [0.1, 0.15) is 0 Å². The lowest BCUT2D eigenvalue weighted by atomic mass is 10.0. The van der Waals surface area contributed by atoms with Crippen molar-refractivity contribution >= 4 is 11.9 Å². The molecule has 1 aliphatic rings. The molecule has 2 atom stereocenters. The number of hydrogen-bond donors (Lipinski definition) is 1. The molecule has 6 nitrogen and oxygen atoms in total. The third-order valence-electron chi connectivity index (χ3n) is 3.24. The van der Waals surface area contributed by atoms with Gasteiger partial charge in [0.05, 0.1) is 12.5 Å². The third kappa shape index (κ3) is 2.37. The maximum absolute atomic E-state index is 11.1. The van der Waals surface area contributed by atoms with Gasteiger partial charge >= 0.3 is 5.97 Å². The Balaban J connectivity index is 2.17. The molecule has 1 N–H and O–H groups in total. The van der Waals surface area contributed by atoms with Gasteiger partial charge in [0.25, 0.3) is 0 Å². The van der Waals surface area contributed by atoms with Gasteiger partial charge in [-0.25, -0.2) is 4.98 Å². The fraction of sp³-hybridized carbons (Fsp3) is 0.583. The molecule has 2 unspecified atom stereocenters. The summed E-state index contributed by atoms with van der Waals surface area (Å²) in [6.07, 6.45) is 2.26. The minimum Gasteiger partial charge on any atom is -0.481 e. The molecule has 0 saturated carbocycles. The summed E-state index contributed by atoms with van der Waals surface area (Å²) < 4.78 is 5.32. The van der Waals surface area contributed by atoms with Crippen LogP contribution < -0.4 is 9.64 Å². The van der Waals surface area contributed by atoms with Gasteiger partial charge in [-0.15, -0.1) is 0 Å². The highest BCUT2D eigenvalue weighted by atomic mass is 16.5. The number of nitrogens with zero attached hydrogens (tertiary/aromatic N) is 3. The van der Waals surface area contributed by atoms with E-state index in [2.05, 4.69) is 9.97 Å². The second-order valence-electron chi connectivity index (χ2n) is 4.30. The first-order chi connectivity index (χ1) is 8.63. The summed E-state index contributed by atoms with van der Waals surface area (Å²) in [5, 5.41) is 9.09. The first-order valence-electron chi connectivity index (χ1n) is 6.08. The Kier molecular flexibility index (Phi) is 3.64. The zero-order valence-corrected chi connectivity index (χ0v) is 10.5. The standard InChI is InChI=1S/C12H17N3O3/c1-3-18-10-4-6-13-12(14-10)15-7-5-9(8(15)2)11(16)17/h4,6,8-9H,3,5,7H2,1-2H3,(H,16,17). The van der Waals surface area contributed by atoms with Crippen molar-refractivity contribution in [3.05, 3.63) is 12.3 Å². The van der Waals surface area contributed by atoms with Gasteiger partial charge in [-0.2, -0.15) is 4.98 Å². The van der Waals surface area contributed by atoms with Gasteiger partial charge in [0.2, 0.25) is 11.8 Å². The highest BCUT2D eigenvalue weighted by molar-refractivity contribution is 5.72. The van der Waals surface area contributed by atoms with Crippen molar-refractivity contribution in [3.63, 3.8) is 0 Å². The van der Waals surface area contributed by atoms with E-state index in [0.717, 1.165) is 0 Å². The molecule has 1 saturated heterocycles. The van der Waals surface area contributed by atoms with E-state index in [1.165, 1.54) is 0 Å². The van der Waals surface area contributed by atoms with Crippen molar-refractivity contribution in [2.75, 3.05) is 18.1 Å². The van der Waals surface area contributed by atoms with Crippen molar-refractivity contribution in [1.82, 2.24) is 9.97 Å². The fourth-order valence-corrected chi connectivity index (χ4v) is 2.25. The molecule has 1 fully saturated rings. The van der Waals surface area contributed by atoms with Gasteiger partial charge in [-0.3, -0.25) is 4.79 Å². The molecular formula is C12H17N3O3. The molecule has 2 rings (SSSR count). The maximum Gasteiger partial charge on any atom is 0.308 e. The molecule has 0 aliphatic carbocycles. The summed E-state index contributed by atoms with van der Waals surface area (Å²) in [6, 6.07) is 1.60. The Morgan fingerprint density at radius 3 is 3.06 bits per heavy atom. The lowest BCUT2D eigenvalue weighted by Gasteiger charge is -2.23. The Labute approximate surface area is 106 Å². The summed E-state index contributed by atoms with van der Waals surface area (Å²) >= 11 is 0. The summed E-state index contributed by atoms with van der Waals surface area (Å²) in [5.41, 5.74) is 0. The molecule has 2 heterocycles. The quantitative estimate of drug-likeness (QED) is 0.865. The minimum absolute atomic E-state index is 0.0978. The predicted octanol–water partition coefficient (Wildman–Crippen LogP) is 1.17. The van der Waals surface area contributed by atoms with E-state index in [1.807, 2.05) is 18.7 Å². The van der Waals surface area contributed by atoms with Crippen molar-refractivity contribution in [2.24, 2.45) is 5.92 Å². The normalized spacial score (nSPS) is 23.1. The highest BCUT2D eigenvalue weighted by Crippen LogP contribution is 2.28. The topological polar surface area (TPSA) is 75.5 Å². The Morgan fingerprint density at radius 2 is 2.44 bits per heavy atom. The molecule has 0 radical (unpaired) electrons. The molecular weight excluding hydrogens is 234 g/mol. The maximum atomic E-state index is 11.1. The molecule has 6 heteroatoms. The molecule has 98 valence electrons. The second-order valence-corrected chi connectivity index (χ2v) is 4.30. The van der Waals surface area contributed by atoms with Crippen LogP contribution in [0, 0.1) is 5.92 Å². The molecule has 1 aromatic rings. The van der Waals surface area contributed by atoms with Gasteiger partial charge in [-0.05, 0) is 20.3 Å². The van der Waals surface area contributed by atoms with Crippen LogP contribution >= 0.6 is 0 Å². The van der Waals surface area contributed by atoms with Crippen LogP contribution in [-0.2, 0) is 4.79 Å². The van der Waals surface area contributed by atoms with Gasteiger partial charge in [-0.1, -0.05) is 0 Å². The van der Waals surface area contributed by atoms with Gasteiger partial charge < -0.3 is 14.7 Å². The van der Waals surface area contributed by atoms with Crippen molar-refractivity contribution in [1.29, 1.82) is 0 Å². The zero-order valence-electron chi connectivity index (χ0n) is 10.5. The number of ether oxygens (including phenoxy) is 1. The van der Waals surface area contributed by atoms with E-state index in [4.69, 9.17) is 9.84 Å². The monoisotopic (exact) mass is 251 g/mol. The largest absolute Gasteiger partial charge is 0.481 e. The average Bonchev–Trinajstić information content (AvgIpc) is 2.72. The van der Waals surface area contributed by atoms with Gasteiger partial charge in [0, 0.05) is 24.8 Å². The van der Waals surface area contributed by atoms with Crippen LogP contribution in [-0.4, -0.2) is 40.2 Å². The smallest absolute Gasteiger partial charge is 0.308 e. The number of carboxylic acids is 1. The van der Waals surface area contributed by atoms with Crippen LogP contribution in [0.3, 0.4) is 0 Å². The predicted molar refractivity (Wildman–Crippen MR) is 65.8 cm³/mol. The zero-order chi connectivity index (χ0) is 13.1. The number of carbonyl (C=O) groups is 1. The van der Waals surface area contributed by atoms with E-state index in [9.17, 15) is 4.79 Å². The molecule has 1 aliphatic heterocycles. The van der Waals surface area contributed by atoms with E-state index < -0.39 is 5.97 Å². The van der Waals surface area contributed by atoms with Crippen molar-refractivity contribution in [3.8, 4) is 5.88 Å². The molecule has 0 aromatic carbocycles. The molecule has 0 bridgehead atoms. The molecule has 0 spiro atoms. The minimum atomic E-state index is -0.758. The van der Waals surface area contributed by atoms with Crippen LogP contribution in [0.15, 0.2) is 12.3 Å². The Bertz CT molecular complexity index is 438. The summed E-state index contributed by atoms with van der Waals surface area (Å²) in [5.74, 6) is -0.0546.